The molecule has 5 aliphatic rings. The first kappa shape index (κ1) is 17.3. The molecule has 1 aromatic carbocycles. The molecular formula is C22H31N3O2. The SMILES string of the molecule is C[C@@H](Nc1cc(N2CCCC2)ccc1[N+](=O)[O-])C12CC3CC(CC(C3)C1)C2. The fourth-order valence-corrected chi connectivity index (χ4v) is 7.07. The molecule has 5 fully saturated rings. The zero-order valence-corrected chi connectivity index (χ0v) is 16.3. The van der Waals surface area contributed by atoms with Crippen LogP contribution in [0.2, 0.25) is 0 Å². The minimum Gasteiger partial charge on any atom is -0.376 e. The Labute approximate surface area is 161 Å². The van der Waals surface area contributed by atoms with Crippen molar-refractivity contribution in [2.45, 2.75) is 64.3 Å². The van der Waals surface area contributed by atoms with Gasteiger partial charge in [-0.2, -0.15) is 0 Å². The number of nitrogens with zero attached hydrogens (tertiary/aromatic N) is 2. The van der Waals surface area contributed by atoms with E-state index >= 15 is 0 Å². The number of anilines is 2. The van der Waals surface area contributed by atoms with Gasteiger partial charge in [-0.05, 0) is 93.6 Å². The van der Waals surface area contributed by atoms with Gasteiger partial charge < -0.3 is 10.2 Å². The molecule has 0 radical (unpaired) electrons. The molecule has 0 aromatic heterocycles. The lowest BCUT2D eigenvalue weighted by atomic mass is 9.48. The zero-order chi connectivity index (χ0) is 18.6. The highest BCUT2D eigenvalue weighted by Gasteiger charge is 2.53. The van der Waals surface area contributed by atoms with E-state index in [0.29, 0.717) is 17.1 Å². The van der Waals surface area contributed by atoms with Crippen molar-refractivity contribution in [3.63, 3.8) is 0 Å². The average Bonchev–Trinajstić information content (AvgIpc) is 3.15. The van der Waals surface area contributed by atoms with Crippen LogP contribution in [0.5, 0.6) is 0 Å². The monoisotopic (exact) mass is 369 g/mol. The summed E-state index contributed by atoms with van der Waals surface area (Å²) in [5, 5.41) is 15.3. The highest BCUT2D eigenvalue weighted by atomic mass is 16.6. The van der Waals surface area contributed by atoms with Gasteiger partial charge in [0, 0.05) is 30.9 Å². The van der Waals surface area contributed by atoms with Crippen molar-refractivity contribution in [3.8, 4) is 0 Å². The summed E-state index contributed by atoms with van der Waals surface area (Å²) >= 11 is 0. The van der Waals surface area contributed by atoms with E-state index in [2.05, 4.69) is 17.1 Å². The van der Waals surface area contributed by atoms with E-state index in [1.54, 1.807) is 6.07 Å². The first-order chi connectivity index (χ1) is 13.0. The number of nitrogens with one attached hydrogen (secondary N) is 1. The Hall–Kier alpha value is -1.78. The second-order valence-electron chi connectivity index (χ2n) is 9.80. The Bertz CT molecular complexity index is 706. The van der Waals surface area contributed by atoms with Crippen LogP contribution in [0, 0.1) is 33.3 Å². The van der Waals surface area contributed by atoms with Crippen LogP contribution in [-0.4, -0.2) is 24.1 Å². The second kappa shape index (κ2) is 6.39. The maximum absolute atomic E-state index is 11.6. The predicted molar refractivity (Wildman–Crippen MR) is 108 cm³/mol. The first-order valence-electron chi connectivity index (χ1n) is 10.8. The molecule has 27 heavy (non-hydrogen) atoms. The van der Waals surface area contributed by atoms with E-state index in [1.807, 2.05) is 12.1 Å². The molecule has 4 saturated carbocycles. The van der Waals surface area contributed by atoms with E-state index < -0.39 is 0 Å². The van der Waals surface area contributed by atoms with Crippen molar-refractivity contribution in [2.24, 2.45) is 23.2 Å². The molecule has 0 unspecified atom stereocenters. The number of nitro benzene ring substituents is 1. The number of nitro groups is 1. The molecule has 146 valence electrons. The van der Waals surface area contributed by atoms with Gasteiger partial charge in [-0.15, -0.1) is 0 Å². The van der Waals surface area contributed by atoms with E-state index in [9.17, 15) is 10.1 Å². The lowest BCUT2D eigenvalue weighted by molar-refractivity contribution is -0.384. The van der Waals surface area contributed by atoms with Gasteiger partial charge in [0.1, 0.15) is 5.69 Å². The molecule has 1 heterocycles. The van der Waals surface area contributed by atoms with Gasteiger partial charge >= 0.3 is 0 Å². The Morgan fingerprint density at radius 2 is 1.70 bits per heavy atom. The lowest BCUT2D eigenvalue weighted by Gasteiger charge is -2.59. The third-order valence-corrected chi connectivity index (χ3v) is 8.02. The molecule has 1 atom stereocenters. The van der Waals surface area contributed by atoms with Crippen molar-refractivity contribution < 1.29 is 4.92 Å². The molecule has 0 spiro atoms. The third kappa shape index (κ3) is 2.99. The van der Waals surface area contributed by atoms with Crippen LogP contribution in [0.15, 0.2) is 18.2 Å². The topological polar surface area (TPSA) is 58.4 Å². The van der Waals surface area contributed by atoms with E-state index in [0.717, 1.165) is 36.5 Å². The van der Waals surface area contributed by atoms with Gasteiger partial charge in [-0.3, -0.25) is 10.1 Å². The third-order valence-electron chi connectivity index (χ3n) is 8.02. The minimum atomic E-state index is -0.234. The van der Waals surface area contributed by atoms with Crippen LogP contribution < -0.4 is 10.2 Å². The summed E-state index contributed by atoms with van der Waals surface area (Å²) in [6, 6.07) is 5.94. The molecule has 1 N–H and O–H groups in total. The quantitative estimate of drug-likeness (QED) is 0.571. The molecule has 1 saturated heterocycles. The summed E-state index contributed by atoms with van der Waals surface area (Å²) in [4.78, 5) is 13.8. The normalized spacial score (nSPS) is 35.4. The van der Waals surface area contributed by atoms with E-state index in [-0.39, 0.29) is 10.6 Å². The molecule has 6 rings (SSSR count). The van der Waals surface area contributed by atoms with Crippen molar-refractivity contribution in [1.29, 1.82) is 0 Å². The summed E-state index contributed by atoms with van der Waals surface area (Å²) < 4.78 is 0. The molecule has 5 nitrogen and oxygen atoms in total. The van der Waals surface area contributed by atoms with Gasteiger partial charge in [-0.25, -0.2) is 0 Å². The minimum absolute atomic E-state index is 0.217. The molecule has 5 heteroatoms. The summed E-state index contributed by atoms with van der Waals surface area (Å²) in [7, 11) is 0. The fraction of sp³-hybridized carbons (Fsp3) is 0.727. The van der Waals surface area contributed by atoms with Crippen LogP contribution >= 0.6 is 0 Å². The van der Waals surface area contributed by atoms with Crippen molar-refractivity contribution in [1.82, 2.24) is 0 Å². The lowest BCUT2D eigenvalue weighted by Crippen LogP contribution is -2.52. The Morgan fingerprint density at radius 1 is 1.11 bits per heavy atom. The molecule has 4 aliphatic carbocycles. The smallest absolute Gasteiger partial charge is 0.292 e. The van der Waals surface area contributed by atoms with Crippen molar-refractivity contribution in [3.05, 3.63) is 28.3 Å². The van der Waals surface area contributed by atoms with Gasteiger partial charge in [0.2, 0.25) is 0 Å². The van der Waals surface area contributed by atoms with Crippen LogP contribution in [0.1, 0.15) is 58.3 Å². The Balaban J connectivity index is 1.42. The summed E-state index contributed by atoms with van der Waals surface area (Å²) in [5.74, 6) is 2.68. The highest BCUT2D eigenvalue weighted by Crippen LogP contribution is 2.61. The molecule has 1 aliphatic heterocycles. The Morgan fingerprint density at radius 3 is 2.26 bits per heavy atom. The van der Waals surface area contributed by atoms with Gasteiger partial charge in [0.25, 0.3) is 5.69 Å². The van der Waals surface area contributed by atoms with Crippen LogP contribution in [0.4, 0.5) is 17.1 Å². The highest BCUT2D eigenvalue weighted by molar-refractivity contribution is 5.69. The molecule has 4 bridgehead atoms. The molecule has 1 aromatic rings. The average molecular weight is 370 g/mol. The van der Waals surface area contributed by atoms with E-state index in [1.165, 1.54) is 51.4 Å². The molecular weight excluding hydrogens is 338 g/mol. The number of rotatable bonds is 5. The summed E-state index contributed by atoms with van der Waals surface area (Å²) in [6.45, 7) is 4.39. The van der Waals surface area contributed by atoms with Gasteiger partial charge in [-0.1, -0.05) is 0 Å². The summed E-state index contributed by atoms with van der Waals surface area (Å²) in [5.41, 5.74) is 2.40. The van der Waals surface area contributed by atoms with Crippen molar-refractivity contribution >= 4 is 17.1 Å². The second-order valence-corrected chi connectivity index (χ2v) is 9.80. The van der Waals surface area contributed by atoms with Crippen LogP contribution in [0.3, 0.4) is 0 Å². The summed E-state index contributed by atoms with van der Waals surface area (Å²) in [6.07, 6.45) is 10.6. The maximum Gasteiger partial charge on any atom is 0.292 e. The first-order valence-corrected chi connectivity index (χ1v) is 10.8. The van der Waals surface area contributed by atoms with Crippen molar-refractivity contribution in [2.75, 3.05) is 23.3 Å². The van der Waals surface area contributed by atoms with Crippen LogP contribution in [-0.2, 0) is 0 Å². The van der Waals surface area contributed by atoms with E-state index in [4.69, 9.17) is 0 Å². The number of hydrogen-bond donors (Lipinski definition) is 1. The van der Waals surface area contributed by atoms with Crippen LogP contribution in [0.25, 0.3) is 0 Å². The predicted octanol–water partition coefficient (Wildman–Crippen LogP) is 5.21. The number of benzene rings is 1. The fourth-order valence-electron chi connectivity index (χ4n) is 7.07. The maximum atomic E-state index is 11.6. The van der Waals surface area contributed by atoms with Gasteiger partial charge in [0.15, 0.2) is 0 Å². The zero-order valence-electron chi connectivity index (χ0n) is 16.3. The molecule has 0 amide bonds. The Kier molecular flexibility index (Phi) is 4.10. The van der Waals surface area contributed by atoms with Gasteiger partial charge in [0.05, 0.1) is 4.92 Å². The number of hydrogen-bond acceptors (Lipinski definition) is 4. The standard InChI is InChI=1S/C22H31N3O2/c1-15(22-12-16-8-17(13-22)10-18(9-16)14-22)23-20-11-19(24-6-2-3-7-24)4-5-21(20)25(26)27/h4-5,11,15-18,23H,2-3,6-10,12-14H2,1H3/t15-,16?,17?,18?,22?/m1/s1. The largest absolute Gasteiger partial charge is 0.376 e.